The number of carbonyl (C=O) groups excluding carboxylic acids is 1. The molecule has 7 heteroatoms. The highest BCUT2D eigenvalue weighted by molar-refractivity contribution is 6.76. The molecule has 21 heavy (non-hydrogen) atoms. The first-order chi connectivity index (χ1) is 9.53. The Balaban J connectivity index is 2.96. The molecule has 0 aliphatic heterocycles. The van der Waals surface area contributed by atoms with Crippen LogP contribution < -0.4 is 0 Å². The lowest BCUT2D eigenvalue weighted by molar-refractivity contribution is -0.137. The first kappa shape index (κ1) is 17.5. The summed E-state index contributed by atoms with van der Waals surface area (Å²) >= 11 is 0. The Morgan fingerprint density at radius 3 is 2.38 bits per heavy atom. The Kier molecular flexibility index (Phi) is 5.44. The lowest BCUT2D eigenvalue weighted by Gasteiger charge is -2.28. The third kappa shape index (κ3) is 5.79. The Morgan fingerprint density at radius 2 is 1.90 bits per heavy atom. The maximum absolute atomic E-state index is 12.7. The summed E-state index contributed by atoms with van der Waals surface area (Å²) in [6, 6.07) is 5.02. The van der Waals surface area contributed by atoms with E-state index in [0.717, 1.165) is 12.1 Å². The zero-order chi connectivity index (χ0) is 16.3. The fraction of sp³-hybridized carbons (Fsp3) is 0.500. The van der Waals surface area contributed by atoms with Gasteiger partial charge in [-0.2, -0.15) is 13.2 Å². The van der Waals surface area contributed by atoms with Crippen molar-refractivity contribution in [3.8, 4) is 0 Å². The molecule has 0 aliphatic carbocycles. The van der Waals surface area contributed by atoms with Crippen molar-refractivity contribution in [3.05, 3.63) is 35.4 Å². The number of carbonyl (C=O) groups is 1. The van der Waals surface area contributed by atoms with E-state index in [-0.39, 0.29) is 6.54 Å². The maximum Gasteiger partial charge on any atom is 0.416 e. The highest BCUT2D eigenvalue weighted by atomic mass is 28.3. The van der Waals surface area contributed by atoms with E-state index in [1.807, 2.05) is 0 Å². The molecule has 0 saturated carbocycles. The van der Waals surface area contributed by atoms with Gasteiger partial charge in [-0.25, -0.2) is 4.79 Å². The normalized spacial score (nSPS) is 12.1. The number of benzene rings is 1. The molecule has 118 valence electrons. The molecular formula is C14H20F3NO2Si. The van der Waals surface area contributed by atoms with Gasteiger partial charge in [0.25, 0.3) is 0 Å². The molecule has 0 N–H and O–H groups in total. The third-order valence-electron chi connectivity index (χ3n) is 2.73. The lowest BCUT2D eigenvalue weighted by Crippen LogP contribution is -2.43. The average molecular weight is 319 g/mol. The summed E-state index contributed by atoms with van der Waals surface area (Å²) in [5.74, 6) is 0. The molecular weight excluding hydrogens is 299 g/mol. The van der Waals surface area contributed by atoms with E-state index in [1.54, 1.807) is 6.07 Å². The first-order valence-electron chi connectivity index (χ1n) is 6.52. The van der Waals surface area contributed by atoms with Crippen molar-refractivity contribution in [2.24, 2.45) is 0 Å². The molecule has 0 saturated heterocycles. The number of hydrogen-bond donors (Lipinski definition) is 0. The van der Waals surface area contributed by atoms with E-state index in [4.69, 9.17) is 4.74 Å². The van der Waals surface area contributed by atoms with Crippen LogP contribution in [0.2, 0.25) is 19.6 Å². The minimum Gasteiger partial charge on any atom is -0.453 e. The van der Waals surface area contributed by atoms with Crippen LogP contribution in [0.25, 0.3) is 0 Å². The highest BCUT2D eigenvalue weighted by Gasteiger charge is 2.31. The van der Waals surface area contributed by atoms with Gasteiger partial charge in [0.2, 0.25) is 0 Å². The number of ether oxygens (including phenoxy) is 1. The summed E-state index contributed by atoms with van der Waals surface area (Å²) in [5, 5.41) is 0. The van der Waals surface area contributed by atoms with Crippen LogP contribution in [0.15, 0.2) is 24.3 Å². The lowest BCUT2D eigenvalue weighted by atomic mass is 10.1. The maximum atomic E-state index is 12.7. The SMILES string of the molecule is COC(=O)N(Cc1cccc(C(F)(F)F)c1)C[Si](C)(C)C. The van der Waals surface area contributed by atoms with E-state index >= 15 is 0 Å². The average Bonchev–Trinajstić information content (AvgIpc) is 2.35. The Hall–Kier alpha value is -1.50. The van der Waals surface area contributed by atoms with Crippen LogP contribution in [0.5, 0.6) is 0 Å². The number of nitrogens with zero attached hydrogens (tertiary/aromatic N) is 1. The standard InChI is InChI=1S/C14H20F3NO2Si/c1-20-13(19)18(10-21(2,3)4)9-11-6-5-7-12(8-11)14(15,16)17/h5-8H,9-10H2,1-4H3. The van der Waals surface area contributed by atoms with Crippen molar-refractivity contribution in [2.45, 2.75) is 32.4 Å². The van der Waals surface area contributed by atoms with Gasteiger partial charge in [-0.15, -0.1) is 0 Å². The number of amides is 1. The first-order valence-corrected chi connectivity index (χ1v) is 10.2. The predicted octanol–water partition coefficient (Wildman–Crippen LogP) is 4.15. The van der Waals surface area contributed by atoms with E-state index in [9.17, 15) is 18.0 Å². The quantitative estimate of drug-likeness (QED) is 0.780. The van der Waals surface area contributed by atoms with Gasteiger partial charge < -0.3 is 9.64 Å². The van der Waals surface area contributed by atoms with Crippen molar-refractivity contribution in [1.29, 1.82) is 0 Å². The van der Waals surface area contributed by atoms with E-state index in [1.165, 1.54) is 18.1 Å². The fourth-order valence-corrected chi connectivity index (χ4v) is 3.34. The third-order valence-corrected chi connectivity index (χ3v) is 4.06. The zero-order valence-corrected chi connectivity index (χ0v) is 13.6. The molecule has 0 spiro atoms. The number of hydrogen-bond acceptors (Lipinski definition) is 2. The Morgan fingerprint density at radius 1 is 1.29 bits per heavy atom. The van der Waals surface area contributed by atoms with Crippen LogP contribution in [0.4, 0.5) is 18.0 Å². The molecule has 1 amide bonds. The van der Waals surface area contributed by atoms with Crippen LogP contribution in [0, 0.1) is 0 Å². The summed E-state index contributed by atoms with van der Waals surface area (Å²) < 4.78 is 42.8. The second-order valence-corrected chi connectivity index (χ2v) is 11.5. The second-order valence-electron chi connectivity index (χ2n) is 6.08. The van der Waals surface area contributed by atoms with Crippen molar-refractivity contribution >= 4 is 14.2 Å². The summed E-state index contributed by atoms with van der Waals surface area (Å²) in [6.45, 7) is 6.35. The summed E-state index contributed by atoms with van der Waals surface area (Å²) in [5.41, 5.74) is -0.272. The monoisotopic (exact) mass is 319 g/mol. The van der Waals surface area contributed by atoms with Crippen LogP contribution in [-0.4, -0.2) is 32.3 Å². The summed E-state index contributed by atoms with van der Waals surface area (Å²) in [7, 11) is -0.331. The number of rotatable bonds is 4. The van der Waals surface area contributed by atoms with E-state index < -0.39 is 25.9 Å². The predicted molar refractivity (Wildman–Crippen MR) is 77.6 cm³/mol. The molecule has 0 fully saturated rings. The molecule has 0 unspecified atom stereocenters. The molecule has 0 heterocycles. The topological polar surface area (TPSA) is 29.5 Å². The minimum atomic E-state index is -4.38. The zero-order valence-electron chi connectivity index (χ0n) is 12.6. The van der Waals surface area contributed by atoms with Crippen molar-refractivity contribution in [3.63, 3.8) is 0 Å². The molecule has 1 aromatic carbocycles. The van der Waals surface area contributed by atoms with Gasteiger partial charge in [0.05, 0.1) is 20.7 Å². The molecule has 1 rings (SSSR count). The smallest absolute Gasteiger partial charge is 0.416 e. The number of methoxy groups -OCH3 is 1. The van der Waals surface area contributed by atoms with Crippen molar-refractivity contribution < 1.29 is 22.7 Å². The number of halogens is 3. The second kappa shape index (κ2) is 6.51. The van der Waals surface area contributed by atoms with Gasteiger partial charge in [-0.3, -0.25) is 0 Å². The summed E-state index contributed by atoms with van der Waals surface area (Å²) in [6.07, 6.45) is -4.38. The van der Waals surface area contributed by atoms with Gasteiger partial charge in [-0.05, 0) is 17.7 Å². The molecule has 0 bridgehead atoms. The fourth-order valence-electron chi connectivity index (χ4n) is 1.95. The van der Waals surface area contributed by atoms with E-state index in [2.05, 4.69) is 19.6 Å². The largest absolute Gasteiger partial charge is 0.453 e. The van der Waals surface area contributed by atoms with Crippen LogP contribution in [-0.2, 0) is 17.5 Å². The van der Waals surface area contributed by atoms with Gasteiger partial charge in [0.15, 0.2) is 0 Å². The van der Waals surface area contributed by atoms with Crippen LogP contribution in [0.3, 0.4) is 0 Å². The molecule has 3 nitrogen and oxygen atoms in total. The minimum absolute atomic E-state index is 0.112. The Bertz CT molecular complexity index is 498. The number of alkyl halides is 3. The molecule has 0 aromatic heterocycles. The van der Waals surface area contributed by atoms with E-state index in [0.29, 0.717) is 11.7 Å². The van der Waals surface area contributed by atoms with Gasteiger partial charge >= 0.3 is 12.3 Å². The highest BCUT2D eigenvalue weighted by Crippen LogP contribution is 2.29. The molecule has 0 atom stereocenters. The molecule has 0 radical (unpaired) electrons. The van der Waals surface area contributed by atoms with Crippen molar-refractivity contribution in [1.82, 2.24) is 4.90 Å². The van der Waals surface area contributed by atoms with Gasteiger partial charge in [-0.1, -0.05) is 31.8 Å². The van der Waals surface area contributed by atoms with Gasteiger partial charge in [0, 0.05) is 12.7 Å². The summed E-state index contributed by atoms with van der Waals surface area (Å²) in [4.78, 5) is 13.2. The molecule has 0 aliphatic rings. The van der Waals surface area contributed by atoms with Crippen molar-refractivity contribution in [2.75, 3.05) is 13.3 Å². The Labute approximate surface area is 123 Å². The van der Waals surface area contributed by atoms with Crippen LogP contribution in [0.1, 0.15) is 11.1 Å². The van der Waals surface area contributed by atoms with Crippen LogP contribution >= 0.6 is 0 Å². The van der Waals surface area contributed by atoms with Gasteiger partial charge in [0.1, 0.15) is 0 Å². The molecule has 1 aromatic rings.